The molecule has 0 unspecified atom stereocenters. The summed E-state index contributed by atoms with van der Waals surface area (Å²) in [4.78, 5) is 29.1. The first-order chi connectivity index (χ1) is 10.6. The van der Waals surface area contributed by atoms with Crippen molar-refractivity contribution in [2.24, 2.45) is 0 Å². The van der Waals surface area contributed by atoms with Crippen LogP contribution >= 0.6 is 0 Å². The second kappa shape index (κ2) is 6.14. The van der Waals surface area contributed by atoms with Crippen LogP contribution < -0.4 is 0 Å². The number of aliphatic carboxylic acids is 1. The lowest BCUT2D eigenvalue weighted by Gasteiger charge is -2.38. The van der Waals surface area contributed by atoms with E-state index < -0.39 is 29.0 Å². The molecule has 0 radical (unpaired) electrons. The Morgan fingerprint density at radius 2 is 1.91 bits per heavy atom. The molecule has 0 atom stereocenters. The van der Waals surface area contributed by atoms with E-state index in [1.54, 1.807) is 20.8 Å². The molecule has 6 nitrogen and oxygen atoms in total. The number of aromatic nitrogens is 1. The maximum atomic E-state index is 13.4. The van der Waals surface area contributed by atoms with E-state index in [0.717, 1.165) is 0 Å². The van der Waals surface area contributed by atoms with E-state index in [4.69, 9.17) is 4.74 Å². The van der Waals surface area contributed by atoms with Crippen LogP contribution in [0.3, 0.4) is 0 Å². The van der Waals surface area contributed by atoms with E-state index >= 15 is 0 Å². The lowest BCUT2D eigenvalue weighted by molar-refractivity contribution is -0.146. The van der Waals surface area contributed by atoms with Gasteiger partial charge in [0, 0.05) is 13.1 Å². The molecule has 0 aromatic carbocycles. The molecule has 126 valence electrons. The number of carbonyl (C=O) groups excluding carboxylic acids is 1. The zero-order valence-corrected chi connectivity index (χ0v) is 13.5. The number of halogens is 1. The molecule has 0 saturated carbocycles. The maximum Gasteiger partial charge on any atom is 0.410 e. The summed E-state index contributed by atoms with van der Waals surface area (Å²) >= 11 is 0. The number of rotatable bonds is 2. The van der Waals surface area contributed by atoms with Gasteiger partial charge in [-0.25, -0.2) is 9.78 Å². The highest BCUT2D eigenvalue weighted by molar-refractivity contribution is 5.81. The third-order valence-electron chi connectivity index (χ3n) is 3.88. The SMILES string of the molecule is CC(C)(C)OC(=O)N1CCC(C(=O)O)(c2cccc(F)n2)CC1. The number of hydrogen-bond acceptors (Lipinski definition) is 4. The average Bonchev–Trinajstić information content (AvgIpc) is 2.45. The minimum atomic E-state index is -1.28. The Balaban J connectivity index is 2.16. The highest BCUT2D eigenvalue weighted by Gasteiger charge is 2.45. The molecule has 0 bridgehead atoms. The summed E-state index contributed by atoms with van der Waals surface area (Å²) in [6, 6.07) is 4.14. The van der Waals surface area contributed by atoms with Gasteiger partial charge in [0.05, 0.1) is 5.69 Å². The first-order valence-corrected chi connectivity index (χ1v) is 7.48. The van der Waals surface area contributed by atoms with E-state index in [1.807, 2.05) is 0 Å². The van der Waals surface area contributed by atoms with E-state index in [0.29, 0.717) is 0 Å². The van der Waals surface area contributed by atoms with Gasteiger partial charge in [0.1, 0.15) is 11.0 Å². The van der Waals surface area contributed by atoms with Crippen molar-refractivity contribution in [3.8, 4) is 0 Å². The molecule has 7 heteroatoms. The van der Waals surface area contributed by atoms with Crippen molar-refractivity contribution in [1.29, 1.82) is 0 Å². The molecule has 2 rings (SSSR count). The zero-order chi connectivity index (χ0) is 17.3. The molecule has 1 aliphatic rings. The van der Waals surface area contributed by atoms with Crippen molar-refractivity contribution >= 4 is 12.1 Å². The molecular formula is C16H21FN2O4. The van der Waals surface area contributed by atoms with E-state index in [-0.39, 0.29) is 31.6 Å². The molecule has 2 heterocycles. The van der Waals surface area contributed by atoms with E-state index in [1.165, 1.54) is 23.1 Å². The Morgan fingerprint density at radius 3 is 2.39 bits per heavy atom. The number of amides is 1. The first-order valence-electron chi connectivity index (χ1n) is 7.48. The van der Waals surface area contributed by atoms with Gasteiger partial charge in [-0.15, -0.1) is 0 Å². The van der Waals surface area contributed by atoms with Gasteiger partial charge in [-0.2, -0.15) is 4.39 Å². The number of piperidine rings is 1. The predicted molar refractivity (Wildman–Crippen MR) is 80.5 cm³/mol. The van der Waals surface area contributed by atoms with Crippen molar-refractivity contribution in [3.63, 3.8) is 0 Å². The van der Waals surface area contributed by atoms with Crippen LogP contribution in [-0.4, -0.2) is 45.7 Å². The molecule has 1 N–H and O–H groups in total. The maximum absolute atomic E-state index is 13.4. The van der Waals surface area contributed by atoms with Crippen molar-refractivity contribution in [3.05, 3.63) is 29.8 Å². The van der Waals surface area contributed by atoms with Gasteiger partial charge < -0.3 is 14.7 Å². The fraction of sp³-hybridized carbons (Fsp3) is 0.562. The minimum absolute atomic E-state index is 0.165. The molecule has 1 saturated heterocycles. The van der Waals surface area contributed by atoms with Gasteiger partial charge in [0.2, 0.25) is 5.95 Å². The Morgan fingerprint density at radius 1 is 1.30 bits per heavy atom. The second-order valence-corrected chi connectivity index (χ2v) is 6.70. The van der Waals surface area contributed by atoms with E-state index in [9.17, 15) is 19.1 Å². The average molecular weight is 324 g/mol. The topological polar surface area (TPSA) is 79.7 Å². The lowest BCUT2D eigenvalue weighted by atomic mass is 9.75. The summed E-state index contributed by atoms with van der Waals surface area (Å²) in [5.41, 5.74) is -1.70. The van der Waals surface area contributed by atoms with Crippen LogP contribution in [-0.2, 0) is 14.9 Å². The standard InChI is InChI=1S/C16H21FN2O4/c1-15(2,3)23-14(22)19-9-7-16(8-10-19,13(20)21)11-5-4-6-12(17)18-11/h4-6H,7-10H2,1-3H3,(H,20,21). The molecule has 1 fully saturated rings. The number of carbonyl (C=O) groups is 2. The van der Waals surface area contributed by atoms with Crippen molar-refractivity contribution in [2.45, 2.75) is 44.6 Å². The van der Waals surface area contributed by atoms with Gasteiger partial charge in [-0.05, 0) is 45.7 Å². The van der Waals surface area contributed by atoms with Crippen LogP contribution in [0, 0.1) is 5.95 Å². The van der Waals surface area contributed by atoms with Crippen LogP contribution in [0.2, 0.25) is 0 Å². The molecule has 0 spiro atoms. The number of likely N-dealkylation sites (tertiary alicyclic amines) is 1. The van der Waals surface area contributed by atoms with Crippen molar-refractivity contribution in [1.82, 2.24) is 9.88 Å². The highest BCUT2D eigenvalue weighted by Crippen LogP contribution is 2.35. The molecular weight excluding hydrogens is 303 g/mol. The Bertz CT molecular complexity index is 604. The van der Waals surface area contributed by atoms with Gasteiger partial charge in [-0.1, -0.05) is 6.07 Å². The van der Waals surface area contributed by atoms with Crippen molar-refractivity contribution < 1.29 is 23.8 Å². The fourth-order valence-corrected chi connectivity index (χ4v) is 2.65. The molecule has 1 aromatic rings. The largest absolute Gasteiger partial charge is 0.481 e. The smallest absolute Gasteiger partial charge is 0.410 e. The summed E-state index contributed by atoms with van der Waals surface area (Å²) in [6.45, 7) is 5.76. The summed E-state index contributed by atoms with van der Waals surface area (Å²) < 4.78 is 18.7. The van der Waals surface area contributed by atoms with Crippen LogP contribution in [0.15, 0.2) is 18.2 Å². The number of pyridine rings is 1. The fourth-order valence-electron chi connectivity index (χ4n) is 2.65. The molecule has 1 amide bonds. The lowest BCUT2D eigenvalue weighted by Crippen LogP contribution is -2.50. The normalized spacial score (nSPS) is 17.7. The monoisotopic (exact) mass is 324 g/mol. The van der Waals surface area contributed by atoms with Gasteiger partial charge in [-0.3, -0.25) is 4.79 Å². The third-order valence-corrected chi connectivity index (χ3v) is 3.88. The van der Waals surface area contributed by atoms with Crippen LogP contribution in [0.25, 0.3) is 0 Å². The van der Waals surface area contributed by atoms with Crippen LogP contribution in [0.4, 0.5) is 9.18 Å². The molecule has 1 aromatic heterocycles. The minimum Gasteiger partial charge on any atom is -0.481 e. The third kappa shape index (κ3) is 3.78. The Labute approximate surface area is 134 Å². The number of nitrogens with zero attached hydrogens (tertiary/aromatic N) is 2. The summed E-state index contributed by atoms with van der Waals surface area (Å²) in [7, 11) is 0. The number of carboxylic acid groups (broad SMARTS) is 1. The summed E-state index contributed by atoms with van der Waals surface area (Å²) in [5.74, 6) is -1.77. The molecule has 1 aliphatic heterocycles. The van der Waals surface area contributed by atoms with Gasteiger partial charge in [0.25, 0.3) is 0 Å². The number of hydrogen-bond donors (Lipinski definition) is 1. The van der Waals surface area contributed by atoms with E-state index in [2.05, 4.69) is 4.98 Å². The Hall–Kier alpha value is -2.18. The second-order valence-electron chi connectivity index (χ2n) is 6.70. The molecule has 0 aliphatic carbocycles. The van der Waals surface area contributed by atoms with Crippen LogP contribution in [0.1, 0.15) is 39.3 Å². The summed E-state index contributed by atoms with van der Waals surface area (Å²) in [5, 5.41) is 9.65. The quantitative estimate of drug-likeness (QED) is 0.846. The van der Waals surface area contributed by atoms with Gasteiger partial charge in [0.15, 0.2) is 0 Å². The van der Waals surface area contributed by atoms with Gasteiger partial charge >= 0.3 is 12.1 Å². The zero-order valence-electron chi connectivity index (χ0n) is 13.5. The van der Waals surface area contributed by atoms with Crippen molar-refractivity contribution in [2.75, 3.05) is 13.1 Å². The predicted octanol–water partition coefficient (Wildman–Crippen LogP) is 2.57. The Kier molecular flexibility index (Phi) is 4.58. The highest BCUT2D eigenvalue weighted by atomic mass is 19.1. The molecule has 23 heavy (non-hydrogen) atoms. The number of carboxylic acids is 1. The van der Waals surface area contributed by atoms with Crippen LogP contribution in [0.5, 0.6) is 0 Å². The first kappa shape index (κ1) is 17.2. The summed E-state index contributed by atoms with van der Waals surface area (Å²) in [6.07, 6.45) is -0.139. The number of ether oxygens (including phenoxy) is 1.